The van der Waals surface area contributed by atoms with Gasteiger partial charge in [-0.05, 0) is 45.2 Å². The maximum atomic E-state index is 5.91. The number of piperidine rings is 1. The van der Waals surface area contributed by atoms with Crippen LogP contribution < -0.4 is 20.7 Å². The fraction of sp³-hybridized carbons (Fsp3) is 0.500. The van der Waals surface area contributed by atoms with Crippen LogP contribution in [0.1, 0.15) is 38.9 Å². The monoisotopic (exact) mass is 343 g/mol. The van der Waals surface area contributed by atoms with Crippen molar-refractivity contribution >= 4 is 17.6 Å². The molecule has 1 aliphatic heterocycles. The van der Waals surface area contributed by atoms with Crippen LogP contribution in [-0.2, 0) is 6.54 Å². The predicted octanol–water partition coefficient (Wildman–Crippen LogP) is 1.55. The number of nitrogens with one attached hydrogen (secondary N) is 2. The Labute approximate surface area is 148 Å². The number of hydrogen-bond donors (Lipinski definition) is 3. The molecule has 4 N–H and O–H groups in total. The lowest BCUT2D eigenvalue weighted by atomic mass is 10.0. The minimum absolute atomic E-state index is 0.241. The fourth-order valence-electron chi connectivity index (χ4n) is 3.26. The average Bonchev–Trinajstić information content (AvgIpc) is 2.58. The quantitative estimate of drug-likeness (QED) is 0.737. The van der Waals surface area contributed by atoms with Gasteiger partial charge in [0.05, 0.1) is 24.9 Å². The van der Waals surface area contributed by atoms with Crippen molar-refractivity contribution in [2.45, 2.75) is 45.7 Å². The molecule has 2 heterocycles. The summed E-state index contributed by atoms with van der Waals surface area (Å²) in [6.07, 6.45) is 3.82. The minimum atomic E-state index is 0.241. The van der Waals surface area contributed by atoms with Gasteiger partial charge in [0.2, 0.25) is 11.9 Å². The van der Waals surface area contributed by atoms with Gasteiger partial charge in [-0.15, -0.1) is 0 Å². The van der Waals surface area contributed by atoms with E-state index in [0.717, 1.165) is 30.4 Å². The van der Waals surface area contributed by atoms with Crippen molar-refractivity contribution < 1.29 is 9.64 Å². The zero-order chi connectivity index (χ0) is 17.6. The van der Waals surface area contributed by atoms with Crippen LogP contribution in [0.2, 0.25) is 0 Å². The maximum Gasteiger partial charge on any atom is 0.232 e. The first-order chi connectivity index (χ1) is 12.2. The Balaban J connectivity index is 1.77. The van der Waals surface area contributed by atoms with Crippen LogP contribution >= 0.6 is 0 Å². The molecule has 2 aromatic rings. The van der Waals surface area contributed by atoms with Gasteiger partial charge in [0.25, 0.3) is 0 Å². The van der Waals surface area contributed by atoms with E-state index >= 15 is 0 Å². The summed E-state index contributed by atoms with van der Waals surface area (Å²) in [6, 6.07) is 8.35. The molecule has 1 saturated heterocycles. The number of rotatable bonds is 6. The Bertz CT molecular complexity index is 708. The Morgan fingerprint density at radius 3 is 2.88 bits per heavy atom. The lowest BCUT2D eigenvalue weighted by Gasteiger charge is -2.29. The highest BCUT2D eigenvalue weighted by Crippen LogP contribution is 2.26. The molecule has 0 amide bonds. The van der Waals surface area contributed by atoms with Crippen LogP contribution in [0, 0.1) is 0 Å². The average molecular weight is 343 g/mol. The second-order valence-electron chi connectivity index (χ2n) is 6.47. The third-order valence-corrected chi connectivity index (χ3v) is 4.60. The number of nitrogen functional groups attached to an aromatic ring is 1. The summed E-state index contributed by atoms with van der Waals surface area (Å²) in [6.45, 7) is 6.77. The molecule has 3 rings (SSSR count). The van der Waals surface area contributed by atoms with E-state index in [1.807, 2.05) is 31.2 Å². The number of hydrogen-bond acceptors (Lipinski definition) is 6. The standard InChI is InChI=1S/C18H26N6O/c1-3-25-15-10-5-4-9-14(15)20-18-22-16(21-17(19)23-18)12-24-11-7-6-8-13(24)2/h4-5,9-10,13H,3,6-8,11-12H2,1-2H3,(H3,19,20,21,22,23)/p+1. The SMILES string of the molecule is CCOc1ccccc1Nc1nc(N)nc(C[NH+]2CCCCC2C)n1. The minimum Gasteiger partial charge on any atom is -0.492 e. The van der Waals surface area contributed by atoms with E-state index in [1.54, 1.807) is 0 Å². The molecule has 1 fully saturated rings. The molecule has 0 saturated carbocycles. The van der Waals surface area contributed by atoms with E-state index in [-0.39, 0.29) is 5.95 Å². The first-order valence-corrected chi connectivity index (χ1v) is 8.99. The molecular weight excluding hydrogens is 316 g/mol. The highest BCUT2D eigenvalue weighted by atomic mass is 16.5. The highest BCUT2D eigenvalue weighted by molar-refractivity contribution is 5.62. The zero-order valence-electron chi connectivity index (χ0n) is 15.0. The number of quaternary nitrogens is 1. The zero-order valence-corrected chi connectivity index (χ0v) is 15.0. The molecule has 2 unspecified atom stereocenters. The van der Waals surface area contributed by atoms with E-state index in [0.29, 0.717) is 18.6 Å². The first-order valence-electron chi connectivity index (χ1n) is 8.99. The van der Waals surface area contributed by atoms with E-state index < -0.39 is 0 Å². The normalized spacial score (nSPS) is 20.2. The third-order valence-electron chi connectivity index (χ3n) is 4.60. The number of nitrogens with zero attached hydrogens (tertiary/aromatic N) is 3. The Morgan fingerprint density at radius 2 is 2.08 bits per heavy atom. The smallest absolute Gasteiger partial charge is 0.232 e. The number of ether oxygens (including phenoxy) is 1. The number of nitrogens with two attached hydrogens (primary N) is 1. The van der Waals surface area contributed by atoms with E-state index in [9.17, 15) is 0 Å². The van der Waals surface area contributed by atoms with Crippen molar-refractivity contribution in [3.8, 4) is 5.75 Å². The molecule has 0 bridgehead atoms. The van der Waals surface area contributed by atoms with Crippen LogP contribution in [0.3, 0.4) is 0 Å². The second-order valence-corrected chi connectivity index (χ2v) is 6.47. The summed E-state index contributed by atoms with van der Waals surface area (Å²) in [5.74, 6) is 2.19. The van der Waals surface area contributed by atoms with Crippen LogP contribution in [0.25, 0.3) is 0 Å². The molecule has 1 aliphatic rings. The van der Waals surface area contributed by atoms with E-state index in [2.05, 4.69) is 27.2 Å². The van der Waals surface area contributed by atoms with E-state index in [1.165, 1.54) is 24.2 Å². The van der Waals surface area contributed by atoms with Crippen molar-refractivity contribution in [1.29, 1.82) is 0 Å². The summed E-state index contributed by atoms with van der Waals surface area (Å²) in [5.41, 5.74) is 6.73. The van der Waals surface area contributed by atoms with Crippen LogP contribution in [-0.4, -0.2) is 34.1 Å². The van der Waals surface area contributed by atoms with E-state index in [4.69, 9.17) is 10.5 Å². The van der Waals surface area contributed by atoms with Crippen molar-refractivity contribution in [2.24, 2.45) is 0 Å². The molecular formula is C18H27N6O+. The van der Waals surface area contributed by atoms with Gasteiger partial charge in [-0.3, -0.25) is 0 Å². The van der Waals surface area contributed by atoms with Crippen molar-refractivity contribution in [2.75, 3.05) is 24.2 Å². The fourth-order valence-corrected chi connectivity index (χ4v) is 3.26. The molecule has 134 valence electrons. The Kier molecular flexibility index (Phi) is 5.65. The van der Waals surface area contributed by atoms with Gasteiger partial charge >= 0.3 is 0 Å². The van der Waals surface area contributed by atoms with Gasteiger partial charge in [0, 0.05) is 0 Å². The molecule has 7 heteroatoms. The van der Waals surface area contributed by atoms with Gasteiger partial charge in [-0.1, -0.05) is 12.1 Å². The van der Waals surface area contributed by atoms with Gasteiger partial charge in [-0.2, -0.15) is 15.0 Å². The second kappa shape index (κ2) is 8.11. The van der Waals surface area contributed by atoms with Crippen molar-refractivity contribution in [3.05, 3.63) is 30.1 Å². The summed E-state index contributed by atoms with van der Waals surface area (Å²) in [5, 5.41) is 3.21. The van der Waals surface area contributed by atoms with Gasteiger partial charge in [0.15, 0.2) is 5.82 Å². The highest BCUT2D eigenvalue weighted by Gasteiger charge is 2.23. The Hall–Kier alpha value is -2.41. The van der Waals surface area contributed by atoms with Crippen LogP contribution in [0.15, 0.2) is 24.3 Å². The molecule has 1 aromatic carbocycles. The largest absolute Gasteiger partial charge is 0.492 e. The molecule has 7 nitrogen and oxygen atoms in total. The number of benzene rings is 1. The van der Waals surface area contributed by atoms with Gasteiger partial charge in [-0.25, -0.2) is 0 Å². The predicted molar refractivity (Wildman–Crippen MR) is 98.0 cm³/mol. The van der Waals surface area contributed by atoms with Gasteiger partial charge < -0.3 is 20.7 Å². The molecule has 0 spiro atoms. The number of likely N-dealkylation sites (tertiary alicyclic amines) is 1. The lowest BCUT2D eigenvalue weighted by Crippen LogP contribution is -3.15. The lowest BCUT2D eigenvalue weighted by molar-refractivity contribution is -0.942. The molecule has 0 aliphatic carbocycles. The molecule has 2 atom stereocenters. The number of aromatic nitrogens is 3. The summed E-state index contributed by atoms with van der Waals surface area (Å²) < 4.78 is 5.64. The number of anilines is 3. The maximum absolute atomic E-state index is 5.91. The molecule has 25 heavy (non-hydrogen) atoms. The van der Waals surface area contributed by atoms with Gasteiger partial charge in [0.1, 0.15) is 12.3 Å². The molecule has 0 radical (unpaired) electrons. The third kappa shape index (κ3) is 4.57. The van der Waals surface area contributed by atoms with Crippen molar-refractivity contribution in [3.63, 3.8) is 0 Å². The number of para-hydroxylation sites is 2. The van der Waals surface area contributed by atoms with Crippen molar-refractivity contribution in [1.82, 2.24) is 15.0 Å². The summed E-state index contributed by atoms with van der Waals surface area (Å²) >= 11 is 0. The molecule has 1 aromatic heterocycles. The summed E-state index contributed by atoms with van der Waals surface area (Å²) in [7, 11) is 0. The Morgan fingerprint density at radius 1 is 1.24 bits per heavy atom. The topological polar surface area (TPSA) is 90.4 Å². The summed E-state index contributed by atoms with van der Waals surface area (Å²) in [4.78, 5) is 14.6. The first kappa shape index (κ1) is 17.4. The van der Waals surface area contributed by atoms with Crippen LogP contribution in [0.4, 0.5) is 17.6 Å². The van der Waals surface area contributed by atoms with Crippen LogP contribution in [0.5, 0.6) is 5.75 Å².